The average Bonchev–Trinajstić information content (AvgIpc) is 2.55. The van der Waals surface area contributed by atoms with Crippen molar-refractivity contribution < 1.29 is 17.6 Å². The summed E-state index contributed by atoms with van der Waals surface area (Å²) in [6.45, 7) is 1.33. The van der Waals surface area contributed by atoms with Crippen LogP contribution in [-0.4, -0.2) is 14.3 Å². The Kier molecular flexibility index (Phi) is 4.68. The third-order valence-corrected chi connectivity index (χ3v) is 5.10. The Hall–Kier alpha value is -2.76. The molecule has 0 radical (unpaired) electrons. The smallest absolute Gasteiger partial charge is 0.243 e. The van der Waals surface area contributed by atoms with Gasteiger partial charge in [-0.3, -0.25) is 4.79 Å². The second kappa shape index (κ2) is 6.39. The van der Waals surface area contributed by atoms with Gasteiger partial charge in [0.25, 0.3) is 0 Å². The van der Waals surface area contributed by atoms with Crippen molar-refractivity contribution in [2.24, 2.45) is 5.73 Å². The second-order valence-electron chi connectivity index (χ2n) is 5.21. The first-order valence-corrected chi connectivity index (χ1v) is 8.28. The van der Waals surface area contributed by atoms with E-state index >= 15 is 0 Å². The van der Waals surface area contributed by atoms with Crippen LogP contribution in [0.3, 0.4) is 0 Å². The van der Waals surface area contributed by atoms with Crippen molar-refractivity contribution in [3.63, 3.8) is 0 Å². The van der Waals surface area contributed by atoms with Crippen molar-refractivity contribution in [1.82, 2.24) is 4.72 Å². The van der Waals surface area contributed by atoms with Crippen LogP contribution < -0.4 is 10.5 Å². The van der Waals surface area contributed by atoms with Crippen molar-refractivity contribution in [1.29, 1.82) is 5.26 Å². The number of nitriles is 1. The summed E-state index contributed by atoms with van der Waals surface area (Å²) in [5.74, 6) is -1.74. The molecular formula is C16H14FN3O3S. The lowest BCUT2D eigenvalue weighted by Crippen LogP contribution is -2.52. The Balaban J connectivity index is 2.50. The van der Waals surface area contributed by atoms with Crippen LogP contribution >= 0.6 is 0 Å². The molecule has 0 fully saturated rings. The van der Waals surface area contributed by atoms with Gasteiger partial charge in [-0.15, -0.1) is 0 Å². The molecule has 0 bridgehead atoms. The number of primary amides is 1. The molecule has 2 aromatic rings. The number of nitrogens with two attached hydrogens (primary N) is 1. The van der Waals surface area contributed by atoms with Crippen molar-refractivity contribution in [2.75, 3.05) is 0 Å². The van der Waals surface area contributed by atoms with Gasteiger partial charge >= 0.3 is 0 Å². The number of hydrogen-bond donors (Lipinski definition) is 2. The molecule has 0 aliphatic carbocycles. The molecule has 24 heavy (non-hydrogen) atoms. The van der Waals surface area contributed by atoms with E-state index in [9.17, 15) is 17.6 Å². The van der Waals surface area contributed by atoms with Crippen LogP contribution in [-0.2, 0) is 20.4 Å². The van der Waals surface area contributed by atoms with Gasteiger partial charge in [-0.2, -0.15) is 9.98 Å². The van der Waals surface area contributed by atoms with E-state index in [2.05, 4.69) is 4.72 Å². The number of rotatable bonds is 5. The Morgan fingerprint density at radius 3 is 2.42 bits per heavy atom. The third-order valence-electron chi connectivity index (χ3n) is 3.55. The second-order valence-corrected chi connectivity index (χ2v) is 6.90. The van der Waals surface area contributed by atoms with Gasteiger partial charge in [-0.05, 0) is 30.7 Å². The van der Waals surface area contributed by atoms with Crippen molar-refractivity contribution >= 4 is 15.9 Å². The molecule has 0 heterocycles. The van der Waals surface area contributed by atoms with E-state index in [1.807, 2.05) is 0 Å². The standard InChI is InChI=1S/C16H14FN3O3S/c1-16(15(19)21,12-5-3-2-4-6-12)20-24(22,23)13-7-8-14(17)11(9-13)10-18/h2-9,20H,1H3,(H2,19,21). The predicted octanol–water partition coefficient (Wildman–Crippen LogP) is 1.38. The molecule has 1 unspecified atom stereocenters. The minimum absolute atomic E-state index is 0.344. The number of carbonyl (C=O) groups excluding carboxylic acids is 1. The summed E-state index contributed by atoms with van der Waals surface area (Å²) in [4.78, 5) is 11.5. The fraction of sp³-hybridized carbons (Fsp3) is 0.125. The number of sulfonamides is 1. The van der Waals surface area contributed by atoms with Crippen molar-refractivity contribution in [2.45, 2.75) is 17.4 Å². The molecule has 0 aromatic heterocycles. The fourth-order valence-corrected chi connectivity index (χ4v) is 3.50. The predicted molar refractivity (Wildman–Crippen MR) is 84.4 cm³/mol. The van der Waals surface area contributed by atoms with Gasteiger partial charge in [0.1, 0.15) is 17.4 Å². The summed E-state index contributed by atoms with van der Waals surface area (Å²) >= 11 is 0. The zero-order valence-corrected chi connectivity index (χ0v) is 13.5. The highest BCUT2D eigenvalue weighted by Crippen LogP contribution is 2.24. The van der Waals surface area contributed by atoms with Gasteiger partial charge in [0, 0.05) is 0 Å². The number of nitrogens with one attached hydrogen (secondary N) is 1. The van der Waals surface area contributed by atoms with Gasteiger partial charge in [0.05, 0.1) is 10.5 Å². The number of nitrogens with zero attached hydrogens (tertiary/aromatic N) is 1. The highest BCUT2D eigenvalue weighted by Gasteiger charge is 2.38. The van der Waals surface area contributed by atoms with Crippen LogP contribution in [0.1, 0.15) is 18.1 Å². The highest BCUT2D eigenvalue weighted by atomic mass is 32.2. The van der Waals surface area contributed by atoms with E-state index in [1.165, 1.54) is 6.92 Å². The first kappa shape index (κ1) is 17.6. The van der Waals surface area contributed by atoms with Gasteiger partial charge in [0.2, 0.25) is 15.9 Å². The van der Waals surface area contributed by atoms with Crippen molar-refractivity contribution in [3.05, 3.63) is 65.5 Å². The molecule has 0 spiro atoms. The monoisotopic (exact) mass is 347 g/mol. The molecule has 124 valence electrons. The molecule has 1 amide bonds. The maximum Gasteiger partial charge on any atom is 0.243 e. The minimum Gasteiger partial charge on any atom is -0.368 e. The normalized spacial score (nSPS) is 13.7. The maximum absolute atomic E-state index is 13.4. The van der Waals surface area contributed by atoms with Gasteiger partial charge in [-0.25, -0.2) is 12.8 Å². The topological polar surface area (TPSA) is 113 Å². The Labute approximate surface area is 138 Å². The van der Waals surface area contributed by atoms with Crippen LogP contribution in [0.5, 0.6) is 0 Å². The van der Waals surface area contributed by atoms with E-state index in [0.717, 1.165) is 18.2 Å². The number of carbonyl (C=O) groups is 1. The van der Waals surface area contributed by atoms with Crippen LogP contribution in [0, 0.1) is 17.1 Å². The molecule has 2 aromatic carbocycles. The van der Waals surface area contributed by atoms with Crippen LogP contribution in [0.4, 0.5) is 4.39 Å². The molecule has 8 heteroatoms. The Morgan fingerprint density at radius 1 is 1.25 bits per heavy atom. The Bertz CT molecular complexity index is 923. The maximum atomic E-state index is 13.4. The third kappa shape index (κ3) is 3.27. The van der Waals surface area contributed by atoms with Gasteiger partial charge in [-0.1, -0.05) is 30.3 Å². The van der Waals surface area contributed by atoms with Crippen LogP contribution in [0.25, 0.3) is 0 Å². The molecular weight excluding hydrogens is 333 g/mol. The zero-order chi connectivity index (χ0) is 18.0. The van der Waals surface area contributed by atoms with E-state index in [-0.39, 0.29) is 4.90 Å². The number of halogens is 1. The van der Waals surface area contributed by atoms with Gasteiger partial charge in [0.15, 0.2) is 0 Å². The zero-order valence-electron chi connectivity index (χ0n) is 12.7. The quantitative estimate of drug-likeness (QED) is 0.850. The first-order chi connectivity index (χ1) is 11.2. The summed E-state index contributed by atoms with van der Waals surface area (Å²) in [7, 11) is -4.23. The van der Waals surface area contributed by atoms with E-state index in [4.69, 9.17) is 11.0 Å². The highest BCUT2D eigenvalue weighted by molar-refractivity contribution is 7.89. The fourth-order valence-electron chi connectivity index (χ4n) is 2.11. The molecule has 2 rings (SSSR count). The number of hydrogen-bond acceptors (Lipinski definition) is 4. The molecule has 0 saturated heterocycles. The summed E-state index contributed by atoms with van der Waals surface area (Å²) in [6, 6.07) is 12.4. The lowest BCUT2D eigenvalue weighted by Gasteiger charge is -2.27. The molecule has 3 N–H and O–H groups in total. The molecule has 0 saturated carbocycles. The van der Waals surface area contributed by atoms with Gasteiger partial charge < -0.3 is 5.73 Å². The first-order valence-electron chi connectivity index (χ1n) is 6.80. The lowest BCUT2D eigenvalue weighted by molar-refractivity contribution is -0.123. The van der Waals surface area contributed by atoms with Crippen LogP contribution in [0.2, 0.25) is 0 Å². The number of amides is 1. The van der Waals surface area contributed by atoms with E-state index in [0.29, 0.717) is 5.56 Å². The van der Waals surface area contributed by atoms with Crippen LogP contribution in [0.15, 0.2) is 53.4 Å². The average molecular weight is 347 g/mol. The summed E-state index contributed by atoms with van der Waals surface area (Å²) in [6.07, 6.45) is 0. The minimum atomic E-state index is -4.23. The summed E-state index contributed by atoms with van der Waals surface area (Å²) < 4.78 is 40.7. The van der Waals surface area contributed by atoms with E-state index < -0.39 is 32.9 Å². The lowest BCUT2D eigenvalue weighted by atomic mass is 9.93. The number of benzene rings is 2. The summed E-state index contributed by atoms with van der Waals surface area (Å²) in [5, 5.41) is 8.83. The molecule has 0 aliphatic rings. The van der Waals surface area contributed by atoms with Crippen molar-refractivity contribution in [3.8, 4) is 6.07 Å². The molecule has 0 aliphatic heterocycles. The molecule has 6 nitrogen and oxygen atoms in total. The van der Waals surface area contributed by atoms with E-state index in [1.54, 1.807) is 36.4 Å². The largest absolute Gasteiger partial charge is 0.368 e. The SMILES string of the molecule is CC(NS(=O)(=O)c1ccc(F)c(C#N)c1)(C(N)=O)c1ccccc1. The molecule has 1 atom stereocenters. The summed E-state index contributed by atoms with van der Waals surface area (Å²) in [5.41, 5.74) is 3.62. The Morgan fingerprint density at radius 2 is 1.88 bits per heavy atom.